The fourth-order valence-corrected chi connectivity index (χ4v) is 3.79. The molecule has 1 N–H and O–H groups in total. The number of rotatable bonds is 5. The van der Waals surface area contributed by atoms with Crippen molar-refractivity contribution in [2.24, 2.45) is 0 Å². The summed E-state index contributed by atoms with van der Waals surface area (Å²) in [5, 5.41) is 8.00. The van der Waals surface area contributed by atoms with Crippen LogP contribution >= 0.6 is 22.7 Å². The van der Waals surface area contributed by atoms with Gasteiger partial charge in [0.05, 0.1) is 6.04 Å². The minimum absolute atomic E-state index is 0.342. The van der Waals surface area contributed by atoms with Crippen molar-refractivity contribution in [1.82, 2.24) is 0 Å². The van der Waals surface area contributed by atoms with Crippen LogP contribution in [-0.4, -0.2) is 0 Å². The second-order valence-electron chi connectivity index (χ2n) is 4.81. The van der Waals surface area contributed by atoms with Gasteiger partial charge in [0.25, 0.3) is 0 Å². The molecule has 0 saturated carbocycles. The summed E-state index contributed by atoms with van der Waals surface area (Å²) in [6, 6.07) is 17.5. The van der Waals surface area contributed by atoms with E-state index < -0.39 is 0 Å². The Hall–Kier alpha value is -1.58. The molecule has 1 nitrogen and oxygen atoms in total. The Kier molecular flexibility index (Phi) is 4.19. The molecule has 3 heteroatoms. The van der Waals surface area contributed by atoms with E-state index in [9.17, 15) is 0 Å². The number of hydrogen-bond acceptors (Lipinski definition) is 3. The van der Waals surface area contributed by atoms with Crippen LogP contribution in [0.2, 0.25) is 0 Å². The molecule has 102 valence electrons. The highest BCUT2D eigenvalue weighted by Crippen LogP contribution is 2.29. The highest BCUT2D eigenvalue weighted by molar-refractivity contribution is 7.10. The maximum absolute atomic E-state index is 3.71. The number of para-hydroxylation sites is 1. The van der Waals surface area contributed by atoms with Crippen molar-refractivity contribution in [3.63, 3.8) is 0 Å². The summed E-state index contributed by atoms with van der Waals surface area (Å²) in [5.74, 6) is 0. The van der Waals surface area contributed by atoms with Gasteiger partial charge in [-0.1, -0.05) is 30.3 Å². The van der Waals surface area contributed by atoms with Crippen LogP contribution in [0.15, 0.2) is 59.3 Å². The molecule has 20 heavy (non-hydrogen) atoms. The molecular weight excluding hydrogens is 282 g/mol. The molecule has 3 rings (SSSR count). The predicted octanol–water partition coefficient (Wildman–Crippen LogP) is 5.51. The van der Waals surface area contributed by atoms with Crippen LogP contribution in [-0.2, 0) is 6.42 Å². The van der Waals surface area contributed by atoms with Crippen LogP contribution in [0.4, 0.5) is 5.69 Å². The first-order valence-electron chi connectivity index (χ1n) is 6.71. The summed E-state index contributed by atoms with van der Waals surface area (Å²) in [5.41, 5.74) is 2.52. The molecule has 1 unspecified atom stereocenters. The van der Waals surface area contributed by atoms with E-state index >= 15 is 0 Å². The number of hydrogen-bond donors (Lipinski definition) is 1. The number of benzene rings is 1. The lowest BCUT2D eigenvalue weighted by Crippen LogP contribution is -2.12. The van der Waals surface area contributed by atoms with Crippen LogP contribution < -0.4 is 5.32 Å². The molecule has 2 heterocycles. The van der Waals surface area contributed by atoms with E-state index in [1.807, 2.05) is 22.7 Å². The van der Waals surface area contributed by atoms with Crippen molar-refractivity contribution in [1.29, 1.82) is 0 Å². The fourth-order valence-electron chi connectivity index (χ4n) is 2.26. The first kappa shape index (κ1) is 13.4. The minimum atomic E-state index is 0.342. The summed E-state index contributed by atoms with van der Waals surface area (Å²) in [6.07, 6.45) is 1.03. The van der Waals surface area contributed by atoms with Gasteiger partial charge in [-0.3, -0.25) is 0 Å². The quantitative estimate of drug-likeness (QED) is 0.654. The van der Waals surface area contributed by atoms with Crippen LogP contribution in [0, 0.1) is 6.92 Å². The molecule has 2 aromatic heterocycles. The van der Waals surface area contributed by atoms with Crippen molar-refractivity contribution in [2.45, 2.75) is 19.4 Å². The van der Waals surface area contributed by atoms with Gasteiger partial charge in [-0.15, -0.1) is 22.7 Å². The molecule has 0 aliphatic rings. The molecule has 1 atom stereocenters. The summed E-state index contributed by atoms with van der Waals surface area (Å²) >= 11 is 3.65. The van der Waals surface area contributed by atoms with E-state index in [2.05, 4.69) is 71.5 Å². The summed E-state index contributed by atoms with van der Waals surface area (Å²) in [7, 11) is 0. The normalized spacial score (nSPS) is 12.2. The molecule has 0 bridgehead atoms. The molecule has 0 aliphatic heterocycles. The van der Waals surface area contributed by atoms with Gasteiger partial charge < -0.3 is 5.32 Å². The van der Waals surface area contributed by atoms with E-state index in [1.165, 1.54) is 21.0 Å². The Morgan fingerprint density at radius 2 is 1.75 bits per heavy atom. The third-order valence-corrected chi connectivity index (χ3v) is 5.23. The van der Waals surface area contributed by atoms with E-state index in [4.69, 9.17) is 0 Å². The molecule has 0 amide bonds. The van der Waals surface area contributed by atoms with Gasteiger partial charge >= 0.3 is 0 Å². The summed E-state index contributed by atoms with van der Waals surface area (Å²) in [6.45, 7) is 2.15. The zero-order valence-corrected chi connectivity index (χ0v) is 13.0. The maximum atomic E-state index is 3.71. The van der Waals surface area contributed by atoms with Crippen molar-refractivity contribution in [2.75, 3.05) is 5.32 Å². The Bertz CT molecular complexity index is 641. The van der Waals surface area contributed by atoms with Crippen molar-refractivity contribution in [3.8, 4) is 0 Å². The third-order valence-electron chi connectivity index (χ3n) is 3.35. The van der Waals surface area contributed by atoms with Crippen LogP contribution in [0.3, 0.4) is 0 Å². The number of aryl methyl sites for hydroxylation is 1. The molecular formula is C17H17NS2. The van der Waals surface area contributed by atoms with E-state index in [1.54, 1.807) is 0 Å². The van der Waals surface area contributed by atoms with E-state index in [-0.39, 0.29) is 0 Å². The zero-order valence-electron chi connectivity index (χ0n) is 11.4. The number of anilines is 1. The third kappa shape index (κ3) is 3.11. The van der Waals surface area contributed by atoms with Crippen LogP contribution in [0.25, 0.3) is 0 Å². The molecule has 0 saturated heterocycles. The van der Waals surface area contributed by atoms with Crippen molar-refractivity contribution < 1.29 is 0 Å². The Morgan fingerprint density at radius 3 is 2.45 bits per heavy atom. The van der Waals surface area contributed by atoms with Crippen molar-refractivity contribution >= 4 is 28.4 Å². The average molecular weight is 299 g/mol. The molecule has 3 aromatic rings. The molecule has 0 spiro atoms. The molecule has 0 radical (unpaired) electrons. The zero-order chi connectivity index (χ0) is 13.8. The second kappa shape index (κ2) is 6.25. The van der Waals surface area contributed by atoms with Gasteiger partial charge in [0.15, 0.2) is 0 Å². The smallest absolute Gasteiger partial charge is 0.0654 e. The number of nitrogens with one attached hydrogen (secondary N) is 1. The van der Waals surface area contributed by atoms with Crippen molar-refractivity contribution in [3.05, 3.63) is 74.6 Å². The predicted molar refractivity (Wildman–Crippen MR) is 89.9 cm³/mol. The lowest BCUT2D eigenvalue weighted by atomic mass is 10.1. The standard InChI is InChI=1S/C17H17NS2/c1-13-6-2-3-8-15(13)18-16(17-9-5-11-20-17)12-14-7-4-10-19-14/h2-11,16,18H,12H2,1H3. The summed E-state index contributed by atoms with van der Waals surface area (Å²) in [4.78, 5) is 2.81. The second-order valence-corrected chi connectivity index (χ2v) is 6.82. The fraction of sp³-hybridized carbons (Fsp3) is 0.176. The minimum Gasteiger partial charge on any atom is -0.377 e. The van der Waals surface area contributed by atoms with Crippen LogP contribution in [0.5, 0.6) is 0 Å². The lowest BCUT2D eigenvalue weighted by Gasteiger charge is -2.19. The molecule has 0 aliphatic carbocycles. The van der Waals surface area contributed by atoms with Gasteiger partial charge in [-0.2, -0.15) is 0 Å². The Morgan fingerprint density at radius 1 is 0.950 bits per heavy atom. The first-order chi connectivity index (χ1) is 9.83. The average Bonchev–Trinajstić information content (AvgIpc) is 3.12. The molecule has 1 aromatic carbocycles. The van der Waals surface area contributed by atoms with Gasteiger partial charge in [0, 0.05) is 21.9 Å². The Balaban J connectivity index is 1.84. The van der Waals surface area contributed by atoms with Gasteiger partial charge in [-0.25, -0.2) is 0 Å². The maximum Gasteiger partial charge on any atom is 0.0654 e. The topological polar surface area (TPSA) is 12.0 Å². The molecule has 0 fully saturated rings. The number of thiophene rings is 2. The van der Waals surface area contributed by atoms with E-state index in [0.717, 1.165) is 6.42 Å². The van der Waals surface area contributed by atoms with Gasteiger partial charge in [0.1, 0.15) is 0 Å². The summed E-state index contributed by atoms with van der Waals surface area (Å²) < 4.78 is 0. The van der Waals surface area contributed by atoms with Crippen LogP contribution in [0.1, 0.15) is 21.4 Å². The highest BCUT2D eigenvalue weighted by atomic mass is 32.1. The SMILES string of the molecule is Cc1ccccc1NC(Cc1cccs1)c1cccs1. The largest absolute Gasteiger partial charge is 0.377 e. The van der Waals surface area contributed by atoms with E-state index in [0.29, 0.717) is 6.04 Å². The van der Waals surface area contributed by atoms with Gasteiger partial charge in [0.2, 0.25) is 0 Å². The first-order valence-corrected chi connectivity index (χ1v) is 8.47. The van der Waals surface area contributed by atoms with Gasteiger partial charge in [-0.05, 0) is 41.4 Å². The monoisotopic (exact) mass is 299 g/mol. The Labute approximate surface area is 127 Å². The lowest BCUT2D eigenvalue weighted by molar-refractivity contribution is 0.801. The highest BCUT2D eigenvalue weighted by Gasteiger charge is 2.14.